The number of hydrogen-bond donors (Lipinski definition) is 2. The third kappa shape index (κ3) is 3.23. The van der Waals surface area contributed by atoms with E-state index in [0.717, 1.165) is 22.4 Å². The predicted octanol–water partition coefficient (Wildman–Crippen LogP) is 2.95. The number of hydrogen-bond acceptors (Lipinski definition) is 3. The van der Waals surface area contributed by atoms with Gasteiger partial charge in [-0.1, -0.05) is 36.4 Å². The number of ether oxygens (including phenoxy) is 1. The molecule has 0 aliphatic heterocycles. The van der Waals surface area contributed by atoms with Crippen LogP contribution in [0.25, 0.3) is 0 Å². The number of nitrogens with two attached hydrogens (primary N) is 1. The Kier molecular flexibility index (Phi) is 4.60. The summed E-state index contributed by atoms with van der Waals surface area (Å²) in [4.78, 5) is 12.3. The van der Waals surface area contributed by atoms with Crippen LogP contribution in [0.15, 0.2) is 42.5 Å². The molecule has 0 aliphatic rings. The van der Waals surface area contributed by atoms with Crippen LogP contribution in [-0.4, -0.2) is 13.0 Å². The van der Waals surface area contributed by atoms with Crippen molar-refractivity contribution in [2.24, 2.45) is 5.73 Å². The van der Waals surface area contributed by atoms with Gasteiger partial charge in [-0.25, -0.2) is 0 Å². The molecule has 110 valence electrons. The number of amides is 1. The molecular formula is C17H20N2O2. The van der Waals surface area contributed by atoms with Crippen molar-refractivity contribution in [1.29, 1.82) is 0 Å². The molecule has 2 rings (SSSR count). The topological polar surface area (TPSA) is 64.3 Å². The average molecular weight is 284 g/mol. The second-order valence-corrected chi connectivity index (χ2v) is 4.97. The maximum atomic E-state index is 12.3. The third-order valence-corrected chi connectivity index (χ3v) is 3.51. The fourth-order valence-corrected chi connectivity index (χ4v) is 2.30. The van der Waals surface area contributed by atoms with E-state index in [0.29, 0.717) is 5.69 Å². The van der Waals surface area contributed by atoms with E-state index in [1.165, 1.54) is 0 Å². The van der Waals surface area contributed by atoms with E-state index in [4.69, 9.17) is 10.5 Å². The van der Waals surface area contributed by atoms with E-state index in [1.807, 2.05) is 56.3 Å². The molecule has 0 spiro atoms. The minimum Gasteiger partial charge on any atom is -0.496 e. The first-order chi connectivity index (χ1) is 10.0. The van der Waals surface area contributed by atoms with Crippen molar-refractivity contribution in [1.82, 2.24) is 0 Å². The van der Waals surface area contributed by atoms with Gasteiger partial charge in [-0.2, -0.15) is 0 Å². The molecule has 0 saturated heterocycles. The number of carbonyl (C=O) groups excluding carboxylic acids is 1. The molecule has 4 heteroatoms. The summed E-state index contributed by atoms with van der Waals surface area (Å²) >= 11 is 0. The van der Waals surface area contributed by atoms with E-state index < -0.39 is 6.04 Å². The summed E-state index contributed by atoms with van der Waals surface area (Å²) < 4.78 is 5.36. The van der Waals surface area contributed by atoms with Gasteiger partial charge in [0, 0.05) is 11.3 Å². The Bertz CT molecular complexity index is 639. The molecular weight excluding hydrogens is 264 g/mol. The summed E-state index contributed by atoms with van der Waals surface area (Å²) in [6.45, 7) is 3.88. The summed E-state index contributed by atoms with van der Waals surface area (Å²) in [6, 6.07) is 12.4. The molecule has 0 aromatic heterocycles. The number of nitrogens with one attached hydrogen (secondary N) is 1. The van der Waals surface area contributed by atoms with Gasteiger partial charge in [-0.05, 0) is 31.0 Å². The van der Waals surface area contributed by atoms with Gasteiger partial charge in [0.05, 0.1) is 7.11 Å². The minimum absolute atomic E-state index is 0.241. The van der Waals surface area contributed by atoms with Crippen molar-refractivity contribution in [2.45, 2.75) is 19.9 Å². The lowest BCUT2D eigenvalue weighted by Crippen LogP contribution is -2.28. The van der Waals surface area contributed by atoms with Crippen molar-refractivity contribution in [3.63, 3.8) is 0 Å². The third-order valence-electron chi connectivity index (χ3n) is 3.51. The lowest BCUT2D eigenvalue weighted by molar-refractivity contribution is -0.117. The summed E-state index contributed by atoms with van der Waals surface area (Å²) in [5.74, 6) is 0.538. The van der Waals surface area contributed by atoms with E-state index in [9.17, 15) is 4.79 Å². The molecule has 0 radical (unpaired) electrons. The molecule has 0 saturated carbocycles. The van der Waals surface area contributed by atoms with Crippen LogP contribution in [-0.2, 0) is 4.79 Å². The highest BCUT2D eigenvalue weighted by Gasteiger charge is 2.17. The summed E-state index contributed by atoms with van der Waals surface area (Å²) in [5, 5.41) is 2.87. The molecule has 1 atom stereocenters. The summed E-state index contributed by atoms with van der Waals surface area (Å²) in [7, 11) is 1.62. The van der Waals surface area contributed by atoms with E-state index in [1.54, 1.807) is 7.11 Å². The van der Waals surface area contributed by atoms with Crippen LogP contribution in [0.4, 0.5) is 5.69 Å². The fourth-order valence-electron chi connectivity index (χ4n) is 2.30. The molecule has 2 aromatic carbocycles. The highest BCUT2D eigenvalue weighted by molar-refractivity contribution is 5.96. The van der Waals surface area contributed by atoms with Gasteiger partial charge in [-0.15, -0.1) is 0 Å². The molecule has 4 nitrogen and oxygen atoms in total. The molecule has 0 heterocycles. The number of methoxy groups -OCH3 is 1. The standard InChI is InChI=1S/C17H20N2O2/c1-11-9-10-14(12(2)16(11)21-3)19-17(20)15(18)13-7-5-4-6-8-13/h4-10,15H,18H2,1-3H3,(H,19,20)/t15-/m1/s1. The van der Waals surface area contributed by atoms with E-state index in [2.05, 4.69) is 5.32 Å². The monoisotopic (exact) mass is 284 g/mol. The first-order valence-electron chi connectivity index (χ1n) is 6.80. The van der Waals surface area contributed by atoms with Crippen LogP contribution in [0.1, 0.15) is 22.7 Å². The van der Waals surface area contributed by atoms with E-state index in [-0.39, 0.29) is 5.91 Å². The SMILES string of the molecule is COc1c(C)ccc(NC(=O)[C@H](N)c2ccccc2)c1C. The summed E-state index contributed by atoms with van der Waals surface area (Å²) in [5.41, 5.74) is 9.42. The molecule has 0 bridgehead atoms. The van der Waals surface area contributed by atoms with Gasteiger partial charge in [0.2, 0.25) is 5.91 Å². The van der Waals surface area contributed by atoms with Crippen molar-refractivity contribution in [3.05, 3.63) is 59.2 Å². The van der Waals surface area contributed by atoms with Gasteiger partial charge in [0.15, 0.2) is 0 Å². The largest absolute Gasteiger partial charge is 0.496 e. The zero-order valence-corrected chi connectivity index (χ0v) is 12.5. The molecule has 3 N–H and O–H groups in total. The highest BCUT2D eigenvalue weighted by atomic mass is 16.5. The minimum atomic E-state index is -0.696. The Hall–Kier alpha value is -2.33. The lowest BCUT2D eigenvalue weighted by atomic mass is 10.1. The maximum Gasteiger partial charge on any atom is 0.245 e. The smallest absolute Gasteiger partial charge is 0.245 e. The van der Waals surface area contributed by atoms with Gasteiger partial charge in [0.25, 0.3) is 0 Å². The molecule has 2 aromatic rings. The van der Waals surface area contributed by atoms with Gasteiger partial charge in [-0.3, -0.25) is 4.79 Å². The van der Waals surface area contributed by atoms with Crippen LogP contribution in [0.2, 0.25) is 0 Å². The van der Waals surface area contributed by atoms with Gasteiger partial charge < -0.3 is 15.8 Å². The normalized spacial score (nSPS) is 11.8. The Balaban J connectivity index is 2.21. The van der Waals surface area contributed by atoms with Crippen molar-refractivity contribution in [2.75, 3.05) is 12.4 Å². The maximum absolute atomic E-state index is 12.3. The highest BCUT2D eigenvalue weighted by Crippen LogP contribution is 2.29. The molecule has 0 aliphatic carbocycles. The second kappa shape index (κ2) is 6.41. The van der Waals surface area contributed by atoms with Crippen LogP contribution in [0.5, 0.6) is 5.75 Å². The Labute approximate surface area is 124 Å². The average Bonchev–Trinajstić information content (AvgIpc) is 2.50. The summed E-state index contributed by atoms with van der Waals surface area (Å²) in [6.07, 6.45) is 0. The Morgan fingerprint density at radius 1 is 1.14 bits per heavy atom. The Morgan fingerprint density at radius 3 is 2.43 bits per heavy atom. The fraction of sp³-hybridized carbons (Fsp3) is 0.235. The zero-order valence-electron chi connectivity index (χ0n) is 12.5. The lowest BCUT2D eigenvalue weighted by Gasteiger charge is -2.16. The van der Waals surface area contributed by atoms with Gasteiger partial charge >= 0.3 is 0 Å². The molecule has 1 amide bonds. The van der Waals surface area contributed by atoms with Crippen LogP contribution in [0.3, 0.4) is 0 Å². The van der Waals surface area contributed by atoms with Crippen LogP contribution in [0, 0.1) is 13.8 Å². The number of anilines is 1. The molecule has 0 fully saturated rings. The molecule has 21 heavy (non-hydrogen) atoms. The van der Waals surface area contributed by atoms with E-state index >= 15 is 0 Å². The second-order valence-electron chi connectivity index (χ2n) is 4.97. The zero-order chi connectivity index (χ0) is 15.4. The predicted molar refractivity (Wildman–Crippen MR) is 84.5 cm³/mol. The van der Waals surface area contributed by atoms with Crippen molar-refractivity contribution < 1.29 is 9.53 Å². The van der Waals surface area contributed by atoms with Crippen molar-refractivity contribution in [3.8, 4) is 5.75 Å². The van der Waals surface area contributed by atoms with Crippen LogP contribution < -0.4 is 15.8 Å². The number of aryl methyl sites for hydroxylation is 1. The quantitative estimate of drug-likeness (QED) is 0.907. The first kappa shape index (κ1) is 15.1. The Morgan fingerprint density at radius 2 is 1.81 bits per heavy atom. The number of carbonyl (C=O) groups is 1. The number of benzene rings is 2. The molecule has 0 unspecified atom stereocenters. The number of rotatable bonds is 4. The van der Waals surface area contributed by atoms with Crippen molar-refractivity contribution >= 4 is 11.6 Å². The van der Waals surface area contributed by atoms with Crippen LogP contribution >= 0.6 is 0 Å². The van der Waals surface area contributed by atoms with Gasteiger partial charge in [0.1, 0.15) is 11.8 Å². The first-order valence-corrected chi connectivity index (χ1v) is 6.80.